The van der Waals surface area contributed by atoms with Crippen molar-refractivity contribution in [2.45, 2.75) is 42.9 Å². The van der Waals surface area contributed by atoms with Crippen LogP contribution >= 0.6 is 0 Å². The lowest BCUT2D eigenvalue weighted by atomic mass is 9.93. The van der Waals surface area contributed by atoms with E-state index in [1.807, 2.05) is 0 Å². The van der Waals surface area contributed by atoms with Gasteiger partial charge in [0.25, 0.3) is 0 Å². The fourth-order valence-corrected chi connectivity index (χ4v) is 4.68. The molecule has 1 saturated carbocycles. The van der Waals surface area contributed by atoms with Crippen molar-refractivity contribution in [3.05, 3.63) is 64.7 Å². The molecule has 0 radical (unpaired) electrons. The number of rotatable bonds is 3. The number of alkyl halides is 6. The van der Waals surface area contributed by atoms with Crippen LogP contribution in [0, 0.1) is 5.41 Å². The van der Waals surface area contributed by atoms with Gasteiger partial charge in [-0.3, -0.25) is 0 Å². The Morgan fingerprint density at radius 1 is 0.742 bits per heavy atom. The van der Waals surface area contributed by atoms with Crippen LogP contribution in [-0.2, 0) is 22.4 Å². The molecule has 0 atom stereocenters. The van der Waals surface area contributed by atoms with E-state index in [1.165, 1.54) is 24.3 Å². The molecular weight excluding hydrogens is 444 g/mol. The smallest absolute Gasteiger partial charge is 0.225 e. The molecule has 0 heterocycles. The Labute approximate surface area is 174 Å². The normalized spacial score (nSPS) is 18.7. The third-order valence-corrected chi connectivity index (χ3v) is 6.86. The number of sulfonamides is 1. The van der Waals surface area contributed by atoms with Crippen molar-refractivity contribution < 1.29 is 34.8 Å². The molecule has 1 spiro atoms. The lowest BCUT2D eigenvalue weighted by Crippen LogP contribution is -2.16. The summed E-state index contributed by atoms with van der Waals surface area (Å²) in [4.78, 5) is -0.105. The zero-order chi connectivity index (χ0) is 22.8. The molecule has 0 bridgehead atoms. The van der Waals surface area contributed by atoms with E-state index < -0.39 is 33.5 Å². The van der Waals surface area contributed by atoms with Crippen molar-refractivity contribution in [3.8, 4) is 0 Å². The van der Waals surface area contributed by atoms with Crippen LogP contribution in [0.2, 0.25) is 0 Å². The van der Waals surface area contributed by atoms with Crippen LogP contribution < -0.4 is 5.14 Å². The summed E-state index contributed by atoms with van der Waals surface area (Å²) in [6, 6.07) is 7.77. The minimum Gasteiger partial charge on any atom is -0.225 e. The number of hydrogen-bond donors (Lipinski definition) is 1. The fraction of sp³-hybridized carbons (Fsp3) is 0.333. The molecule has 1 fully saturated rings. The van der Waals surface area contributed by atoms with E-state index in [9.17, 15) is 34.8 Å². The molecule has 166 valence electrons. The Kier molecular flexibility index (Phi) is 4.82. The van der Waals surface area contributed by atoms with Crippen molar-refractivity contribution in [3.63, 3.8) is 0 Å². The molecule has 2 aromatic carbocycles. The maximum atomic E-state index is 13.4. The second kappa shape index (κ2) is 6.83. The van der Waals surface area contributed by atoms with Gasteiger partial charge in [0.1, 0.15) is 0 Å². The van der Waals surface area contributed by atoms with Gasteiger partial charge in [-0.2, -0.15) is 26.3 Å². The van der Waals surface area contributed by atoms with Crippen LogP contribution in [0.3, 0.4) is 0 Å². The molecule has 4 rings (SSSR count). The van der Waals surface area contributed by atoms with Crippen molar-refractivity contribution in [2.75, 3.05) is 0 Å². The minimum atomic E-state index is -5.16. The summed E-state index contributed by atoms with van der Waals surface area (Å²) < 4.78 is 103. The van der Waals surface area contributed by atoms with E-state index >= 15 is 0 Å². The molecular formula is C21H17F6NO2S. The third-order valence-electron chi connectivity index (χ3n) is 5.94. The molecule has 3 nitrogen and oxygen atoms in total. The molecule has 2 aliphatic carbocycles. The summed E-state index contributed by atoms with van der Waals surface area (Å²) in [5, 5.41) is 5.10. The topological polar surface area (TPSA) is 60.2 Å². The largest absolute Gasteiger partial charge is 0.417 e. The first-order chi connectivity index (χ1) is 14.2. The highest BCUT2D eigenvalue weighted by atomic mass is 32.2. The van der Waals surface area contributed by atoms with Gasteiger partial charge >= 0.3 is 12.4 Å². The summed E-state index contributed by atoms with van der Waals surface area (Å²) >= 11 is 0. The molecule has 0 unspecified atom stereocenters. The Bertz CT molecular complexity index is 1170. The summed E-state index contributed by atoms with van der Waals surface area (Å²) in [7, 11) is -3.91. The molecule has 0 saturated heterocycles. The number of hydrogen-bond acceptors (Lipinski definition) is 2. The summed E-state index contributed by atoms with van der Waals surface area (Å²) in [5.41, 5.74) is -1.56. The standard InChI is InChI=1S/C21H17F6NO2S/c22-20(23,24)17-6-3-13(9-18(17)21(25,26)27)16-11-19(7-8-19)10-15(16)12-1-4-14(5-2-12)31(28,29)30/h1-6,9H,7-8,10-11H2,(H2,28,29,30). The Morgan fingerprint density at radius 2 is 1.23 bits per heavy atom. The molecule has 10 heteroatoms. The minimum absolute atomic E-state index is 0.0922. The zero-order valence-electron chi connectivity index (χ0n) is 15.9. The van der Waals surface area contributed by atoms with Gasteiger partial charge in [-0.1, -0.05) is 18.2 Å². The highest BCUT2D eigenvalue weighted by molar-refractivity contribution is 7.89. The van der Waals surface area contributed by atoms with Crippen molar-refractivity contribution >= 4 is 21.2 Å². The van der Waals surface area contributed by atoms with Crippen LogP contribution in [-0.4, -0.2) is 8.42 Å². The quantitative estimate of drug-likeness (QED) is 0.583. The second-order valence-electron chi connectivity index (χ2n) is 8.14. The number of nitrogens with two attached hydrogens (primary N) is 1. The van der Waals surface area contributed by atoms with Crippen LogP contribution in [0.1, 0.15) is 47.9 Å². The van der Waals surface area contributed by atoms with Crippen LogP contribution in [0.4, 0.5) is 26.3 Å². The van der Waals surface area contributed by atoms with Crippen LogP contribution in [0.25, 0.3) is 11.1 Å². The number of allylic oxidation sites excluding steroid dienone is 2. The molecule has 0 aromatic heterocycles. The third kappa shape index (κ3) is 4.23. The van der Waals surface area contributed by atoms with Gasteiger partial charge in [0.05, 0.1) is 16.0 Å². The molecule has 2 N–H and O–H groups in total. The monoisotopic (exact) mass is 461 g/mol. The molecule has 0 aliphatic heterocycles. The Hall–Kier alpha value is -2.33. The summed E-state index contributed by atoms with van der Waals surface area (Å²) in [5.74, 6) is 0. The van der Waals surface area contributed by atoms with Gasteiger partial charge in [-0.05, 0) is 77.6 Å². The average Bonchev–Trinajstić information content (AvgIpc) is 3.29. The van der Waals surface area contributed by atoms with E-state index in [-0.39, 0.29) is 15.9 Å². The summed E-state index contributed by atoms with van der Waals surface area (Å²) in [6.07, 6.45) is -7.50. The highest BCUT2D eigenvalue weighted by Crippen LogP contribution is 2.63. The molecule has 31 heavy (non-hydrogen) atoms. The van der Waals surface area contributed by atoms with E-state index in [4.69, 9.17) is 5.14 Å². The average molecular weight is 461 g/mol. The lowest BCUT2D eigenvalue weighted by molar-refractivity contribution is -0.162. The maximum Gasteiger partial charge on any atom is 0.417 e. The van der Waals surface area contributed by atoms with E-state index in [1.54, 1.807) is 0 Å². The Morgan fingerprint density at radius 3 is 1.68 bits per heavy atom. The van der Waals surface area contributed by atoms with Crippen molar-refractivity contribution in [1.82, 2.24) is 0 Å². The van der Waals surface area contributed by atoms with Crippen LogP contribution in [0.15, 0.2) is 47.4 Å². The van der Waals surface area contributed by atoms with Gasteiger partial charge in [-0.25, -0.2) is 13.6 Å². The predicted octanol–water partition coefficient (Wildman–Crippen LogP) is 5.86. The van der Waals surface area contributed by atoms with Crippen molar-refractivity contribution in [1.29, 1.82) is 0 Å². The van der Waals surface area contributed by atoms with Gasteiger partial charge in [-0.15, -0.1) is 0 Å². The maximum absolute atomic E-state index is 13.4. The molecule has 2 aromatic rings. The first-order valence-electron chi connectivity index (χ1n) is 9.34. The number of benzene rings is 2. The first-order valence-corrected chi connectivity index (χ1v) is 10.9. The first kappa shape index (κ1) is 21.9. The van der Waals surface area contributed by atoms with E-state index in [2.05, 4.69) is 0 Å². The predicted molar refractivity (Wildman–Crippen MR) is 102 cm³/mol. The molecule has 0 amide bonds. The van der Waals surface area contributed by atoms with Gasteiger partial charge < -0.3 is 0 Å². The second-order valence-corrected chi connectivity index (χ2v) is 9.70. The SMILES string of the molecule is NS(=O)(=O)c1ccc(C2=C(c3ccc(C(F)(F)F)c(C(F)(F)F)c3)CC3(CC3)C2)cc1. The highest BCUT2D eigenvalue weighted by Gasteiger charge is 2.49. The number of primary sulfonamides is 1. The van der Waals surface area contributed by atoms with Gasteiger partial charge in [0.2, 0.25) is 10.0 Å². The van der Waals surface area contributed by atoms with Crippen LogP contribution in [0.5, 0.6) is 0 Å². The fourth-order valence-electron chi connectivity index (χ4n) is 4.17. The molecule has 2 aliphatic rings. The lowest BCUT2D eigenvalue weighted by Gasteiger charge is -2.18. The van der Waals surface area contributed by atoms with Gasteiger partial charge in [0, 0.05) is 0 Å². The van der Waals surface area contributed by atoms with E-state index in [0.29, 0.717) is 41.7 Å². The Balaban J connectivity index is 1.84. The van der Waals surface area contributed by atoms with Gasteiger partial charge in [0.15, 0.2) is 0 Å². The van der Waals surface area contributed by atoms with E-state index in [0.717, 1.165) is 18.9 Å². The summed E-state index contributed by atoms with van der Waals surface area (Å²) in [6.45, 7) is 0. The van der Waals surface area contributed by atoms with Crippen molar-refractivity contribution in [2.24, 2.45) is 10.6 Å². The zero-order valence-corrected chi connectivity index (χ0v) is 16.8. The number of halogens is 6.